The van der Waals surface area contributed by atoms with Crippen molar-refractivity contribution in [3.05, 3.63) is 0 Å². The molecule has 0 bridgehead atoms. The zero-order valence-corrected chi connectivity index (χ0v) is 11.6. The Kier molecular flexibility index (Phi) is 5.26. The Bertz CT molecular complexity index is 197. The van der Waals surface area contributed by atoms with E-state index in [9.17, 15) is 0 Å². The number of hydrogen-bond acceptors (Lipinski definition) is 2. The van der Waals surface area contributed by atoms with Crippen LogP contribution in [0, 0.1) is 11.8 Å². The van der Waals surface area contributed by atoms with Crippen LogP contribution in [0.15, 0.2) is 0 Å². The molecule has 0 saturated heterocycles. The van der Waals surface area contributed by atoms with E-state index in [1.54, 1.807) is 0 Å². The molecule has 1 fully saturated rings. The number of nitrogens with zero attached hydrogens (tertiary/aromatic N) is 1. The molecule has 0 aromatic heterocycles. The van der Waals surface area contributed by atoms with Crippen molar-refractivity contribution < 1.29 is 0 Å². The highest BCUT2D eigenvalue weighted by Crippen LogP contribution is 2.29. The van der Waals surface area contributed by atoms with Crippen LogP contribution in [0.5, 0.6) is 0 Å². The molecule has 1 atom stereocenters. The molecule has 1 saturated carbocycles. The molecule has 0 aromatic rings. The Hall–Kier alpha value is -0.0800. The maximum absolute atomic E-state index is 5.99. The van der Waals surface area contributed by atoms with Crippen LogP contribution in [-0.2, 0) is 0 Å². The first-order valence-corrected chi connectivity index (χ1v) is 6.89. The quantitative estimate of drug-likeness (QED) is 0.754. The molecule has 0 radical (unpaired) electrons. The minimum absolute atomic E-state index is 0.191. The Morgan fingerprint density at radius 2 is 1.88 bits per heavy atom. The van der Waals surface area contributed by atoms with E-state index in [1.807, 2.05) is 0 Å². The number of hydrogen-bond donors (Lipinski definition) is 1. The predicted molar refractivity (Wildman–Crippen MR) is 71.5 cm³/mol. The van der Waals surface area contributed by atoms with Gasteiger partial charge in [-0.15, -0.1) is 0 Å². The highest BCUT2D eigenvalue weighted by Gasteiger charge is 2.30. The summed E-state index contributed by atoms with van der Waals surface area (Å²) in [7, 11) is 2.26. The summed E-state index contributed by atoms with van der Waals surface area (Å²) in [5.41, 5.74) is 6.18. The van der Waals surface area contributed by atoms with Gasteiger partial charge in [-0.05, 0) is 45.1 Å². The van der Waals surface area contributed by atoms with Crippen molar-refractivity contribution in [2.45, 2.75) is 58.4 Å². The third-order valence-electron chi connectivity index (χ3n) is 4.22. The second-order valence-electron chi connectivity index (χ2n) is 6.33. The third-order valence-corrected chi connectivity index (χ3v) is 4.22. The second kappa shape index (κ2) is 6.02. The van der Waals surface area contributed by atoms with Crippen LogP contribution < -0.4 is 5.73 Å². The molecule has 1 unspecified atom stereocenters. The lowest BCUT2D eigenvalue weighted by molar-refractivity contribution is 0.101. The summed E-state index contributed by atoms with van der Waals surface area (Å²) in [6, 6.07) is 0. The molecule has 0 aliphatic heterocycles. The van der Waals surface area contributed by atoms with E-state index >= 15 is 0 Å². The zero-order chi connectivity index (χ0) is 12.2. The first-order chi connectivity index (χ1) is 7.48. The van der Waals surface area contributed by atoms with Gasteiger partial charge in [-0.1, -0.05) is 26.7 Å². The van der Waals surface area contributed by atoms with E-state index in [0.29, 0.717) is 0 Å². The van der Waals surface area contributed by atoms with Gasteiger partial charge in [0.25, 0.3) is 0 Å². The monoisotopic (exact) mass is 226 g/mol. The molecule has 1 aliphatic rings. The summed E-state index contributed by atoms with van der Waals surface area (Å²) in [5.74, 6) is 1.64. The van der Waals surface area contributed by atoms with Crippen molar-refractivity contribution in [2.75, 3.05) is 20.1 Å². The van der Waals surface area contributed by atoms with E-state index in [4.69, 9.17) is 5.73 Å². The summed E-state index contributed by atoms with van der Waals surface area (Å²) in [5, 5.41) is 0. The second-order valence-corrected chi connectivity index (χ2v) is 6.33. The van der Waals surface area contributed by atoms with Gasteiger partial charge in [-0.2, -0.15) is 0 Å². The Balaban J connectivity index is 2.49. The maximum atomic E-state index is 5.99. The van der Waals surface area contributed by atoms with Gasteiger partial charge in [0.15, 0.2) is 0 Å². The standard InChI is InChI=1S/C14H30N2/c1-12(2)9-14(3,11-15)16(4)10-13-7-5-6-8-13/h12-13H,5-11,15H2,1-4H3. The van der Waals surface area contributed by atoms with Gasteiger partial charge in [0.05, 0.1) is 0 Å². The summed E-state index contributed by atoms with van der Waals surface area (Å²) in [6.45, 7) is 8.91. The molecule has 0 heterocycles. The first kappa shape index (κ1) is 14.0. The van der Waals surface area contributed by atoms with Crippen LogP contribution in [0.2, 0.25) is 0 Å². The van der Waals surface area contributed by atoms with Crippen molar-refractivity contribution >= 4 is 0 Å². The fraction of sp³-hybridized carbons (Fsp3) is 1.00. The molecule has 2 nitrogen and oxygen atoms in total. The van der Waals surface area contributed by atoms with E-state index in [-0.39, 0.29) is 5.54 Å². The van der Waals surface area contributed by atoms with Crippen molar-refractivity contribution in [3.63, 3.8) is 0 Å². The normalized spacial score (nSPS) is 21.9. The molecule has 0 spiro atoms. The van der Waals surface area contributed by atoms with Crippen LogP contribution in [-0.4, -0.2) is 30.6 Å². The van der Waals surface area contributed by atoms with Crippen molar-refractivity contribution in [2.24, 2.45) is 17.6 Å². The molecule has 0 amide bonds. The molecule has 2 heteroatoms. The Labute approximate surface area is 102 Å². The highest BCUT2D eigenvalue weighted by molar-refractivity contribution is 4.88. The number of nitrogens with two attached hydrogens (primary N) is 1. The summed E-state index contributed by atoms with van der Waals surface area (Å²) < 4.78 is 0. The van der Waals surface area contributed by atoms with Gasteiger partial charge < -0.3 is 5.73 Å². The van der Waals surface area contributed by atoms with Gasteiger partial charge in [0.1, 0.15) is 0 Å². The van der Waals surface area contributed by atoms with Gasteiger partial charge in [-0.25, -0.2) is 0 Å². The smallest absolute Gasteiger partial charge is 0.0303 e. The summed E-state index contributed by atoms with van der Waals surface area (Å²) >= 11 is 0. The van der Waals surface area contributed by atoms with Crippen molar-refractivity contribution in [3.8, 4) is 0 Å². The van der Waals surface area contributed by atoms with Gasteiger partial charge in [0.2, 0.25) is 0 Å². The molecule has 0 aromatic carbocycles. The fourth-order valence-electron chi connectivity index (χ4n) is 3.08. The lowest BCUT2D eigenvalue weighted by Gasteiger charge is -2.40. The zero-order valence-electron chi connectivity index (χ0n) is 11.6. The van der Waals surface area contributed by atoms with Crippen LogP contribution in [0.4, 0.5) is 0 Å². The highest BCUT2D eigenvalue weighted by atomic mass is 15.2. The topological polar surface area (TPSA) is 29.3 Å². The van der Waals surface area contributed by atoms with Crippen molar-refractivity contribution in [1.82, 2.24) is 4.90 Å². The fourth-order valence-corrected chi connectivity index (χ4v) is 3.08. The third kappa shape index (κ3) is 3.74. The minimum Gasteiger partial charge on any atom is -0.329 e. The van der Waals surface area contributed by atoms with Crippen LogP contribution in [0.1, 0.15) is 52.9 Å². The van der Waals surface area contributed by atoms with E-state index < -0.39 is 0 Å². The largest absolute Gasteiger partial charge is 0.329 e. The molecule has 1 aliphatic carbocycles. The average Bonchev–Trinajstić information content (AvgIpc) is 2.69. The van der Waals surface area contributed by atoms with Gasteiger partial charge in [-0.3, -0.25) is 4.90 Å². The van der Waals surface area contributed by atoms with Crippen LogP contribution in [0.25, 0.3) is 0 Å². The molecule has 16 heavy (non-hydrogen) atoms. The summed E-state index contributed by atoms with van der Waals surface area (Å²) in [6.07, 6.45) is 6.91. The van der Waals surface area contributed by atoms with E-state index in [0.717, 1.165) is 18.4 Å². The lowest BCUT2D eigenvalue weighted by Crippen LogP contribution is -2.51. The average molecular weight is 226 g/mol. The first-order valence-electron chi connectivity index (χ1n) is 6.89. The van der Waals surface area contributed by atoms with Gasteiger partial charge >= 0.3 is 0 Å². The molecule has 1 rings (SSSR count). The lowest BCUT2D eigenvalue weighted by atomic mass is 9.88. The predicted octanol–water partition coefficient (Wildman–Crippen LogP) is 2.87. The van der Waals surface area contributed by atoms with Crippen LogP contribution in [0.3, 0.4) is 0 Å². The molecule has 96 valence electrons. The molecular formula is C14H30N2. The van der Waals surface area contributed by atoms with Crippen LogP contribution >= 0.6 is 0 Å². The number of likely N-dealkylation sites (N-methyl/N-ethyl adjacent to an activating group) is 1. The molecule has 2 N–H and O–H groups in total. The summed E-state index contributed by atoms with van der Waals surface area (Å²) in [4.78, 5) is 2.52. The Morgan fingerprint density at radius 1 is 1.31 bits per heavy atom. The molecular weight excluding hydrogens is 196 g/mol. The maximum Gasteiger partial charge on any atom is 0.0303 e. The van der Waals surface area contributed by atoms with E-state index in [2.05, 4.69) is 32.7 Å². The number of rotatable bonds is 6. The van der Waals surface area contributed by atoms with Crippen molar-refractivity contribution in [1.29, 1.82) is 0 Å². The van der Waals surface area contributed by atoms with E-state index in [1.165, 1.54) is 38.6 Å². The Morgan fingerprint density at radius 3 is 2.31 bits per heavy atom. The SMILES string of the molecule is CC(C)CC(C)(CN)N(C)CC1CCCC1. The minimum atomic E-state index is 0.191. The van der Waals surface area contributed by atoms with Gasteiger partial charge in [0, 0.05) is 18.6 Å².